The molecule has 8 nitrogen and oxygen atoms in total. The molecule has 1 unspecified atom stereocenters. The first-order chi connectivity index (χ1) is 12.1. The lowest BCUT2D eigenvalue weighted by Crippen LogP contribution is -2.39. The third-order valence-electron chi connectivity index (χ3n) is 5.10. The van der Waals surface area contributed by atoms with E-state index in [1.807, 2.05) is 24.3 Å². The standard InChI is InChI=1S/C17H24N6O2/c1-20-9-13(10-21-5-3-14(11-21)25-2)16(19-20)17(24)23-8-7-22-6-4-18-15(22)12-23/h4,6,9,14H,3,5,7-8,10-12H2,1-2H3. The lowest BCUT2D eigenvalue weighted by atomic mass is 10.2. The number of rotatable bonds is 4. The fourth-order valence-corrected chi connectivity index (χ4v) is 3.70. The molecule has 0 saturated carbocycles. The number of hydrogen-bond donors (Lipinski definition) is 0. The SMILES string of the molecule is COC1CCN(Cc2cn(C)nc2C(=O)N2CCn3ccnc3C2)C1. The van der Waals surface area contributed by atoms with Crippen LogP contribution in [0.1, 0.15) is 28.3 Å². The van der Waals surface area contributed by atoms with E-state index in [0.717, 1.165) is 44.0 Å². The maximum absolute atomic E-state index is 13.0. The molecule has 2 aromatic heterocycles. The average Bonchev–Trinajstić information content (AvgIpc) is 3.33. The van der Waals surface area contributed by atoms with Crippen LogP contribution in [0.5, 0.6) is 0 Å². The van der Waals surface area contributed by atoms with Gasteiger partial charge in [-0.3, -0.25) is 14.4 Å². The zero-order valence-corrected chi connectivity index (χ0v) is 14.8. The Balaban J connectivity index is 1.50. The van der Waals surface area contributed by atoms with Gasteiger partial charge in [-0.05, 0) is 6.42 Å². The van der Waals surface area contributed by atoms with Gasteiger partial charge in [-0.15, -0.1) is 0 Å². The first-order valence-electron chi connectivity index (χ1n) is 8.71. The molecular weight excluding hydrogens is 320 g/mol. The van der Waals surface area contributed by atoms with E-state index in [2.05, 4.69) is 19.5 Å². The lowest BCUT2D eigenvalue weighted by molar-refractivity contribution is 0.0698. The zero-order valence-electron chi connectivity index (χ0n) is 14.8. The minimum atomic E-state index is -0.00709. The van der Waals surface area contributed by atoms with Crippen molar-refractivity contribution in [2.45, 2.75) is 32.2 Å². The average molecular weight is 344 g/mol. The van der Waals surface area contributed by atoms with Crippen molar-refractivity contribution in [2.24, 2.45) is 7.05 Å². The van der Waals surface area contributed by atoms with Crippen LogP contribution in [0, 0.1) is 0 Å². The van der Waals surface area contributed by atoms with Crippen molar-refractivity contribution >= 4 is 5.91 Å². The third-order valence-corrected chi connectivity index (χ3v) is 5.10. The van der Waals surface area contributed by atoms with E-state index in [9.17, 15) is 4.79 Å². The Morgan fingerprint density at radius 3 is 3.04 bits per heavy atom. The number of carbonyl (C=O) groups is 1. The molecule has 4 rings (SSSR count). The molecule has 134 valence electrons. The molecule has 1 atom stereocenters. The van der Waals surface area contributed by atoms with Crippen LogP contribution in [0.25, 0.3) is 0 Å². The van der Waals surface area contributed by atoms with Gasteiger partial charge in [-0.2, -0.15) is 5.10 Å². The summed E-state index contributed by atoms with van der Waals surface area (Å²) in [6.45, 7) is 4.63. The number of amides is 1. The normalized spacial score (nSPS) is 20.9. The molecule has 2 aliphatic heterocycles. The van der Waals surface area contributed by atoms with E-state index in [1.54, 1.807) is 18.0 Å². The van der Waals surface area contributed by atoms with Crippen LogP contribution >= 0.6 is 0 Å². The van der Waals surface area contributed by atoms with Gasteiger partial charge in [0.15, 0.2) is 5.69 Å². The van der Waals surface area contributed by atoms with Crippen molar-refractivity contribution in [3.63, 3.8) is 0 Å². The summed E-state index contributed by atoms with van der Waals surface area (Å²) in [5, 5.41) is 4.45. The molecule has 1 amide bonds. The molecule has 0 N–H and O–H groups in total. The minimum absolute atomic E-state index is 0.00709. The molecule has 4 heterocycles. The Labute approximate surface area is 147 Å². The Kier molecular flexibility index (Phi) is 4.30. The van der Waals surface area contributed by atoms with E-state index in [0.29, 0.717) is 18.8 Å². The van der Waals surface area contributed by atoms with Gasteiger partial charge in [0.25, 0.3) is 5.91 Å². The summed E-state index contributed by atoms with van der Waals surface area (Å²) < 4.78 is 9.26. The fourth-order valence-electron chi connectivity index (χ4n) is 3.70. The summed E-state index contributed by atoms with van der Waals surface area (Å²) >= 11 is 0. The van der Waals surface area contributed by atoms with Crippen LogP contribution in [0.4, 0.5) is 0 Å². The van der Waals surface area contributed by atoms with Crippen molar-refractivity contribution < 1.29 is 9.53 Å². The van der Waals surface area contributed by atoms with Gasteiger partial charge in [0.05, 0.1) is 12.6 Å². The van der Waals surface area contributed by atoms with E-state index >= 15 is 0 Å². The van der Waals surface area contributed by atoms with Crippen LogP contribution in [0.2, 0.25) is 0 Å². The summed E-state index contributed by atoms with van der Waals surface area (Å²) in [5.74, 6) is 0.923. The van der Waals surface area contributed by atoms with Crippen LogP contribution in [-0.4, -0.2) is 67.9 Å². The molecule has 0 bridgehead atoms. The minimum Gasteiger partial charge on any atom is -0.380 e. The van der Waals surface area contributed by atoms with Crippen molar-refractivity contribution in [3.8, 4) is 0 Å². The van der Waals surface area contributed by atoms with Gasteiger partial charge < -0.3 is 14.2 Å². The van der Waals surface area contributed by atoms with Crippen LogP contribution in [0.3, 0.4) is 0 Å². The van der Waals surface area contributed by atoms with Gasteiger partial charge in [-0.1, -0.05) is 0 Å². The molecule has 2 aromatic rings. The molecule has 0 radical (unpaired) electrons. The Hall–Kier alpha value is -2.19. The molecule has 0 aliphatic carbocycles. The number of carbonyl (C=O) groups excluding carboxylic acids is 1. The number of aromatic nitrogens is 4. The smallest absolute Gasteiger partial charge is 0.275 e. The van der Waals surface area contributed by atoms with Gasteiger partial charge in [-0.25, -0.2) is 4.98 Å². The number of likely N-dealkylation sites (tertiary alicyclic amines) is 1. The quantitative estimate of drug-likeness (QED) is 0.808. The maximum Gasteiger partial charge on any atom is 0.275 e. The molecule has 0 spiro atoms. The molecule has 8 heteroatoms. The monoisotopic (exact) mass is 344 g/mol. The van der Waals surface area contributed by atoms with Crippen molar-refractivity contribution in [3.05, 3.63) is 35.7 Å². The summed E-state index contributed by atoms with van der Waals surface area (Å²) in [6.07, 6.45) is 7.03. The molecule has 0 aromatic carbocycles. The highest BCUT2D eigenvalue weighted by molar-refractivity contribution is 5.93. The number of methoxy groups -OCH3 is 1. The lowest BCUT2D eigenvalue weighted by Gasteiger charge is -2.27. The Morgan fingerprint density at radius 1 is 1.36 bits per heavy atom. The highest BCUT2D eigenvalue weighted by Crippen LogP contribution is 2.20. The summed E-state index contributed by atoms with van der Waals surface area (Å²) in [4.78, 5) is 21.5. The molecular formula is C17H24N6O2. The summed E-state index contributed by atoms with van der Waals surface area (Å²) in [5.41, 5.74) is 1.54. The molecule has 1 saturated heterocycles. The van der Waals surface area contributed by atoms with Crippen LogP contribution in [0.15, 0.2) is 18.6 Å². The predicted octanol–water partition coefficient (Wildman–Crippen LogP) is 0.493. The van der Waals surface area contributed by atoms with Crippen LogP contribution < -0.4 is 0 Å². The number of imidazole rings is 1. The number of fused-ring (bicyclic) bond motifs is 1. The van der Waals surface area contributed by atoms with Crippen molar-refractivity contribution in [2.75, 3.05) is 26.7 Å². The van der Waals surface area contributed by atoms with Gasteiger partial charge in [0.1, 0.15) is 5.82 Å². The predicted molar refractivity (Wildman–Crippen MR) is 90.9 cm³/mol. The second-order valence-electron chi connectivity index (χ2n) is 6.82. The first-order valence-corrected chi connectivity index (χ1v) is 8.71. The number of nitrogens with zero attached hydrogens (tertiary/aromatic N) is 6. The van der Waals surface area contributed by atoms with E-state index in [4.69, 9.17) is 4.74 Å². The van der Waals surface area contributed by atoms with Crippen molar-refractivity contribution in [1.82, 2.24) is 29.1 Å². The highest BCUT2D eigenvalue weighted by Gasteiger charge is 2.28. The molecule has 2 aliphatic rings. The van der Waals surface area contributed by atoms with Gasteiger partial charge >= 0.3 is 0 Å². The molecule has 25 heavy (non-hydrogen) atoms. The zero-order chi connectivity index (χ0) is 17.4. The second-order valence-corrected chi connectivity index (χ2v) is 6.82. The Morgan fingerprint density at radius 2 is 2.24 bits per heavy atom. The largest absolute Gasteiger partial charge is 0.380 e. The van der Waals surface area contributed by atoms with Gasteiger partial charge in [0, 0.05) is 71.0 Å². The maximum atomic E-state index is 13.0. The number of ether oxygens (including phenoxy) is 1. The highest BCUT2D eigenvalue weighted by atomic mass is 16.5. The number of hydrogen-bond acceptors (Lipinski definition) is 5. The fraction of sp³-hybridized carbons (Fsp3) is 0.588. The first kappa shape index (κ1) is 16.3. The van der Waals surface area contributed by atoms with Crippen molar-refractivity contribution in [1.29, 1.82) is 0 Å². The summed E-state index contributed by atoms with van der Waals surface area (Å²) in [7, 11) is 3.62. The van der Waals surface area contributed by atoms with Gasteiger partial charge in [0.2, 0.25) is 0 Å². The van der Waals surface area contributed by atoms with E-state index in [-0.39, 0.29) is 12.0 Å². The van der Waals surface area contributed by atoms with E-state index < -0.39 is 0 Å². The second kappa shape index (κ2) is 6.61. The number of aryl methyl sites for hydroxylation is 1. The topological polar surface area (TPSA) is 68.4 Å². The molecule has 1 fully saturated rings. The van der Waals surface area contributed by atoms with Crippen LogP contribution in [-0.2, 0) is 31.4 Å². The summed E-state index contributed by atoms with van der Waals surface area (Å²) in [6, 6.07) is 0. The van der Waals surface area contributed by atoms with E-state index in [1.165, 1.54) is 0 Å². The Bertz CT molecular complexity index is 767. The third kappa shape index (κ3) is 3.19.